The van der Waals surface area contributed by atoms with E-state index in [-0.39, 0.29) is 24.5 Å². The maximum Gasteiger partial charge on any atom is 0.408 e. The number of quaternary nitrogens is 1. The number of halogens is 3. The number of alkyl halides is 3. The number of benzene rings is 1. The minimum atomic E-state index is -4.85. The van der Waals surface area contributed by atoms with Crippen LogP contribution in [-0.2, 0) is 10.0 Å². The summed E-state index contributed by atoms with van der Waals surface area (Å²) in [6.45, 7) is -0.346. The molecular weight excluding hydrogens is 345 g/mol. The summed E-state index contributed by atoms with van der Waals surface area (Å²) in [5.74, 6) is -1.46. The van der Waals surface area contributed by atoms with Gasteiger partial charge >= 0.3 is 16.2 Å². The van der Waals surface area contributed by atoms with Crippen molar-refractivity contribution in [3.8, 4) is 5.75 Å². The van der Waals surface area contributed by atoms with Gasteiger partial charge in [-0.05, 0) is 24.3 Å². The van der Waals surface area contributed by atoms with Crippen molar-refractivity contribution in [1.82, 2.24) is 3.89 Å². The lowest BCUT2D eigenvalue weighted by molar-refractivity contribution is -0.106. The zero-order valence-corrected chi connectivity index (χ0v) is 13.8. The highest BCUT2D eigenvalue weighted by atomic mass is 32.2. The summed E-state index contributed by atoms with van der Waals surface area (Å²) >= 11 is 0. The van der Waals surface area contributed by atoms with Crippen molar-refractivity contribution in [3.05, 3.63) is 48.2 Å². The number of sulfonamides is 1. The molecule has 1 atom stereocenters. The Morgan fingerprint density at radius 2 is 1.88 bits per heavy atom. The molecule has 0 saturated carbocycles. The van der Waals surface area contributed by atoms with Crippen molar-refractivity contribution in [2.75, 3.05) is 26.0 Å². The molecule has 0 amide bonds. The number of methoxy groups -OCH3 is 1. The van der Waals surface area contributed by atoms with E-state index in [4.69, 9.17) is 10.5 Å². The minimum absolute atomic E-state index is 0.159. The Labute approximate surface area is 138 Å². The Balaban J connectivity index is 2.66. The van der Waals surface area contributed by atoms with E-state index in [1.54, 1.807) is 6.08 Å². The molecule has 1 aromatic rings. The van der Waals surface area contributed by atoms with Crippen LogP contribution >= 0.6 is 0 Å². The van der Waals surface area contributed by atoms with Gasteiger partial charge in [-0.15, -0.1) is 0 Å². The van der Waals surface area contributed by atoms with E-state index in [2.05, 4.69) is 0 Å². The van der Waals surface area contributed by atoms with E-state index in [0.717, 1.165) is 0 Å². The molecule has 1 heterocycles. The Kier molecular flexibility index (Phi) is 5.07. The normalized spacial score (nSPS) is 21.5. The first-order chi connectivity index (χ1) is 11.2. The van der Waals surface area contributed by atoms with Crippen molar-refractivity contribution in [2.45, 2.75) is 6.18 Å². The minimum Gasteiger partial charge on any atom is -0.497 e. The zero-order valence-electron chi connectivity index (χ0n) is 13.0. The van der Waals surface area contributed by atoms with Gasteiger partial charge in [0.05, 0.1) is 13.7 Å². The van der Waals surface area contributed by atoms with Gasteiger partial charge < -0.3 is 10.5 Å². The van der Waals surface area contributed by atoms with Crippen LogP contribution in [0, 0.1) is 0 Å². The van der Waals surface area contributed by atoms with Gasteiger partial charge in [0.2, 0.25) is 0 Å². The molecular formula is C15H18F3N2O3S+. The fourth-order valence-electron chi connectivity index (χ4n) is 2.71. The Morgan fingerprint density at radius 1 is 1.25 bits per heavy atom. The summed E-state index contributed by atoms with van der Waals surface area (Å²) in [6, 6.07) is 5.89. The SMILES string of the molecule is COc1ccc([N+]2(S(=O)(=O)CC(F)(F)F)CC=CC=C2CN)cc1. The lowest BCUT2D eigenvalue weighted by atomic mass is 10.2. The van der Waals surface area contributed by atoms with E-state index in [1.165, 1.54) is 43.5 Å². The molecule has 2 N–H and O–H groups in total. The van der Waals surface area contributed by atoms with Crippen molar-refractivity contribution >= 4 is 15.7 Å². The number of rotatable bonds is 5. The molecule has 0 fully saturated rings. The lowest BCUT2D eigenvalue weighted by Gasteiger charge is -2.38. The van der Waals surface area contributed by atoms with Crippen molar-refractivity contribution < 1.29 is 26.3 Å². The van der Waals surface area contributed by atoms with Crippen molar-refractivity contribution in [2.24, 2.45) is 5.73 Å². The average Bonchev–Trinajstić information content (AvgIpc) is 2.52. The molecule has 5 nitrogen and oxygen atoms in total. The van der Waals surface area contributed by atoms with Crippen LogP contribution in [-0.4, -0.2) is 40.5 Å². The standard InChI is InChI=1S/C15H18F3N2O3S/c1-23-14-7-5-12(6-8-14)20(9-3-2-4-13(20)10-19)24(21,22)11-15(16,17)18/h2-8H,9-11,19H2,1H3/q+1. The first-order valence-corrected chi connectivity index (χ1v) is 8.66. The van der Waals surface area contributed by atoms with Gasteiger partial charge in [0, 0.05) is 12.1 Å². The third-order valence-corrected chi connectivity index (χ3v) is 6.01. The summed E-state index contributed by atoms with van der Waals surface area (Å²) in [7, 11) is -3.23. The van der Waals surface area contributed by atoms with Gasteiger partial charge in [-0.3, -0.25) is 0 Å². The van der Waals surface area contributed by atoms with E-state index >= 15 is 0 Å². The predicted octanol–water partition coefficient (Wildman–Crippen LogP) is 2.31. The Morgan fingerprint density at radius 3 is 2.38 bits per heavy atom. The maximum atomic E-state index is 12.9. The van der Waals surface area contributed by atoms with Crippen LogP contribution in [0.4, 0.5) is 18.9 Å². The smallest absolute Gasteiger partial charge is 0.408 e. The van der Waals surface area contributed by atoms with Crippen LogP contribution in [0.2, 0.25) is 0 Å². The van der Waals surface area contributed by atoms with Crippen LogP contribution in [0.1, 0.15) is 0 Å². The highest BCUT2D eigenvalue weighted by molar-refractivity contribution is 7.91. The van der Waals surface area contributed by atoms with E-state index in [0.29, 0.717) is 5.75 Å². The summed E-state index contributed by atoms with van der Waals surface area (Å²) in [5, 5.41) is 0. The Bertz CT molecular complexity index is 755. The van der Waals surface area contributed by atoms with Gasteiger partial charge in [-0.2, -0.15) is 25.5 Å². The van der Waals surface area contributed by atoms with Crippen LogP contribution in [0.25, 0.3) is 0 Å². The average molecular weight is 363 g/mol. The molecule has 0 aliphatic carbocycles. The number of nitrogens with two attached hydrogens (primary N) is 1. The number of hydrogen-bond donors (Lipinski definition) is 1. The van der Waals surface area contributed by atoms with Crippen molar-refractivity contribution in [3.63, 3.8) is 0 Å². The first-order valence-electron chi connectivity index (χ1n) is 7.05. The Hall–Kier alpha value is -1.84. The molecule has 1 aromatic carbocycles. The number of hydrogen-bond acceptors (Lipinski definition) is 4. The third-order valence-electron chi connectivity index (χ3n) is 3.77. The van der Waals surface area contributed by atoms with E-state index in [1.807, 2.05) is 0 Å². The molecule has 1 unspecified atom stereocenters. The molecule has 2 rings (SSSR count). The fourth-order valence-corrected chi connectivity index (χ4v) is 4.59. The topological polar surface area (TPSA) is 69.4 Å². The molecule has 24 heavy (non-hydrogen) atoms. The zero-order chi connectivity index (χ0) is 18.0. The summed E-state index contributed by atoms with van der Waals surface area (Å²) in [6.07, 6.45) is -0.304. The molecule has 0 bridgehead atoms. The van der Waals surface area contributed by atoms with Crippen LogP contribution in [0.15, 0.2) is 48.2 Å². The largest absolute Gasteiger partial charge is 0.497 e. The molecule has 1 aliphatic rings. The summed E-state index contributed by atoms with van der Waals surface area (Å²) in [5.41, 5.74) is 6.00. The number of ether oxygens (including phenoxy) is 1. The lowest BCUT2D eigenvalue weighted by Crippen LogP contribution is -2.58. The molecule has 0 radical (unpaired) electrons. The van der Waals surface area contributed by atoms with Gasteiger partial charge in [-0.25, -0.2) is 0 Å². The highest BCUT2D eigenvalue weighted by Gasteiger charge is 2.52. The second-order valence-corrected chi connectivity index (χ2v) is 7.33. The van der Waals surface area contributed by atoms with Gasteiger partial charge in [0.15, 0.2) is 11.4 Å². The second kappa shape index (κ2) is 6.58. The quantitative estimate of drug-likeness (QED) is 0.815. The molecule has 132 valence electrons. The van der Waals surface area contributed by atoms with Crippen LogP contribution in [0.5, 0.6) is 5.75 Å². The van der Waals surface area contributed by atoms with E-state index in [9.17, 15) is 21.6 Å². The predicted molar refractivity (Wildman–Crippen MR) is 85.8 cm³/mol. The molecule has 9 heteroatoms. The molecule has 0 saturated heterocycles. The highest BCUT2D eigenvalue weighted by Crippen LogP contribution is 2.38. The monoisotopic (exact) mass is 363 g/mol. The van der Waals surface area contributed by atoms with Crippen molar-refractivity contribution in [1.29, 1.82) is 0 Å². The summed E-state index contributed by atoms with van der Waals surface area (Å²) < 4.78 is 68.1. The first kappa shape index (κ1) is 18.5. The van der Waals surface area contributed by atoms with Gasteiger partial charge in [-0.1, -0.05) is 6.08 Å². The maximum absolute atomic E-state index is 12.9. The van der Waals surface area contributed by atoms with Gasteiger partial charge in [0.25, 0.3) is 0 Å². The van der Waals surface area contributed by atoms with Crippen LogP contribution < -0.4 is 14.4 Å². The third kappa shape index (κ3) is 3.33. The number of nitrogens with zero attached hydrogens (tertiary/aromatic N) is 1. The van der Waals surface area contributed by atoms with Crippen LogP contribution in [0.3, 0.4) is 0 Å². The van der Waals surface area contributed by atoms with E-state index < -0.39 is 25.8 Å². The van der Waals surface area contributed by atoms with Gasteiger partial charge in [0.1, 0.15) is 18.0 Å². The molecule has 0 aromatic heterocycles. The number of allylic oxidation sites excluding steroid dienone is 2. The molecule has 0 spiro atoms. The fraction of sp³-hybridized carbons (Fsp3) is 0.333. The summed E-state index contributed by atoms with van der Waals surface area (Å²) in [4.78, 5) is 0. The second-order valence-electron chi connectivity index (χ2n) is 5.25. The molecule has 1 aliphatic heterocycles.